The molecule has 0 unspecified atom stereocenters. The van der Waals surface area contributed by atoms with Gasteiger partial charge in [0.1, 0.15) is 11.6 Å². The molecule has 5 heteroatoms. The lowest BCUT2D eigenvalue weighted by Gasteiger charge is -2.11. The van der Waals surface area contributed by atoms with Crippen LogP contribution in [0.25, 0.3) is 0 Å². The molecule has 0 radical (unpaired) electrons. The number of nitrogens with one attached hydrogen (secondary N) is 1. The lowest BCUT2D eigenvalue weighted by atomic mass is 10.1. The number of rotatable bonds is 2. The number of aryl methyl sites for hydroxylation is 1. The van der Waals surface area contributed by atoms with E-state index < -0.39 is 6.10 Å². The third-order valence-corrected chi connectivity index (χ3v) is 3.36. The standard InChI is InChI=1S/C15H13ClN2O2/c1-9-3-2-4-14(17-9)18-15(19)13-8-10-7-11(16)5-6-12(10)20-13/h2-7,13H,8H2,1H3,(H,17,18,19)/t13-/m0/s1. The number of anilines is 1. The molecule has 0 saturated heterocycles. The number of carbonyl (C=O) groups excluding carboxylic acids is 1. The molecule has 2 aromatic rings. The molecular weight excluding hydrogens is 276 g/mol. The fourth-order valence-electron chi connectivity index (χ4n) is 2.18. The highest BCUT2D eigenvalue weighted by Gasteiger charge is 2.29. The third-order valence-electron chi connectivity index (χ3n) is 3.13. The molecule has 4 nitrogen and oxygen atoms in total. The zero-order chi connectivity index (χ0) is 14.1. The number of amides is 1. The lowest BCUT2D eigenvalue weighted by Crippen LogP contribution is -2.31. The highest BCUT2D eigenvalue weighted by atomic mass is 35.5. The maximum atomic E-state index is 12.2. The Balaban J connectivity index is 1.71. The average molecular weight is 289 g/mol. The number of nitrogens with zero attached hydrogens (tertiary/aromatic N) is 1. The van der Waals surface area contributed by atoms with Gasteiger partial charge in [0.25, 0.3) is 5.91 Å². The number of fused-ring (bicyclic) bond motifs is 1. The van der Waals surface area contributed by atoms with Crippen LogP contribution in [0.5, 0.6) is 5.75 Å². The Bertz CT molecular complexity index is 673. The molecule has 1 amide bonds. The Morgan fingerprint density at radius 3 is 3.05 bits per heavy atom. The molecule has 0 aliphatic carbocycles. The molecule has 0 fully saturated rings. The van der Waals surface area contributed by atoms with E-state index in [9.17, 15) is 4.79 Å². The number of aromatic nitrogens is 1. The van der Waals surface area contributed by atoms with E-state index in [-0.39, 0.29) is 5.91 Å². The van der Waals surface area contributed by atoms with E-state index in [0.717, 1.165) is 11.3 Å². The SMILES string of the molecule is Cc1cccc(NC(=O)[C@@H]2Cc3cc(Cl)ccc3O2)n1. The van der Waals surface area contributed by atoms with Crippen LogP contribution in [0.15, 0.2) is 36.4 Å². The molecule has 0 bridgehead atoms. The number of carbonyl (C=O) groups is 1. The summed E-state index contributed by atoms with van der Waals surface area (Å²) in [5.41, 5.74) is 1.81. The number of benzene rings is 1. The lowest BCUT2D eigenvalue weighted by molar-refractivity contribution is -0.122. The van der Waals surface area contributed by atoms with E-state index in [2.05, 4.69) is 10.3 Å². The van der Waals surface area contributed by atoms with Crippen LogP contribution in [0.2, 0.25) is 5.02 Å². The van der Waals surface area contributed by atoms with Crippen molar-refractivity contribution in [2.24, 2.45) is 0 Å². The van der Waals surface area contributed by atoms with Gasteiger partial charge in [-0.05, 0) is 42.8 Å². The minimum absolute atomic E-state index is 0.199. The van der Waals surface area contributed by atoms with Gasteiger partial charge in [-0.15, -0.1) is 0 Å². The summed E-state index contributed by atoms with van der Waals surface area (Å²) in [4.78, 5) is 16.4. The number of ether oxygens (including phenoxy) is 1. The van der Waals surface area contributed by atoms with Crippen LogP contribution in [0.4, 0.5) is 5.82 Å². The zero-order valence-corrected chi connectivity index (χ0v) is 11.6. The predicted octanol–water partition coefficient (Wildman–Crippen LogP) is 2.99. The van der Waals surface area contributed by atoms with Crippen molar-refractivity contribution in [2.75, 3.05) is 5.32 Å². The van der Waals surface area contributed by atoms with Crippen molar-refractivity contribution in [3.8, 4) is 5.75 Å². The second-order valence-corrected chi connectivity index (χ2v) is 5.15. The Morgan fingerprint density at radius 2 is 2.25 bits per heavy atom. The maximum absolute atomic E-state index is 12.2. The van der Waals surface area contributed by atoms with Gasteiger partial charge in [-0.1, -0.05) is 17.7 Å². The van der Waals surface area contributed by atoms with E-state index >= 15 is 0 Å². The largest absolute Gasteiger partial charge is 0.480 e. The number of pyridine rings is 1. The van der Waals surface area contributed by atoms with Crippen molar-refractivity contribution in [1.82, 2.24) is 4.98 Å². The maximum Gasteiger partial charge on any atom is 0.266 e. The number of hydrogen-bond donors (Lipinski definition) is 1. The molecule has 1 aromatic carbocycles. The molecule has 0 saturated carbocycles. The van der Waals surface area contributed by atoms with Crippen molar-refractivity contribution in [3.63, 3.8) is 0 Å². The Kier molecular flexibility index (Phi) is 3.32. The Labute approximate surface area is 121 Å². The van der Waals surface area contributed by atoms with E-state index in [0.29, 0.717) is 23.0 Å². The summed E-state index contributed by atoms with van der Waals surface area (Å²) in [6.45, 7) is 1.87. The molecule has 3 rings (SSSR count). The van der Waals surface area contributed by atoms with E-state index in [1.54, 1.807) is 18.2 Å². The highest BCUT2D eigenvalue weighted by Crippen LogP contribution is 2.31. The van der Waals surface area contributed by atoms with E-state index in [1.807, 2.05) is 25.1 Å². The summed E-state index contributed by atoms with van der Waals surface area (Å²) < 4.78 is 5.63. The van der Waals surface area contributed by atoms with Crippen LogP contribution < -0.4 is 10.1 Å². The normalized spacial score (nSPS) is 16.4. The fourth-order valence-corrected chi connectivity index (χ4v) is 2.38. The van der Waals surface area contributed by atoms with Gasteiger partial charge >= 0.3 is 0 Å². The summed E-state index contributed by atoms with van der Waals surface area (Å²) in [6, 6.07) is 10.8. The van der Waals surface area contributed by atoms with Crippen LogP contribution in [-0.2, 0) is 11.2 Å². The van der Waals surface area contributed by atoms with Gasteiger partial charge in [0.2, 0.25) is 0 Å². The quantitative estimate of drug-likeness (QED) is 0.924. The molecule has 1 aliphatic heterocycles. The predicted molar refractivity (Wildman–Crippen MR) is 77.2 cm³/mol. The average Bonchev–Trinajstić information content (AvgIpc) is 2.81. The number of halogens is 1. The van der Waals surface area contributed by atoms with Crippen LogP contribution >= 0.6 is 11.6 Å². The summed E-state index contributed by atoms with van der Waals surface area (Å²) in [5.74, 6) is 1.05. The molecular formula is C15H13ClN2O2. The molecule has 0 spiro atoms. The summed E-state index contributed by atoms with van der Waals surface area (Å²) in [5, 5.41) is 3.41. The minimum atomic E-state index is -0.536. The van der Waals surface area contributed by atoms with E-state index in [1.165, 1.54) is 0 Å². The van der Waals surface area contributed by atoms with Gasteiger partial charge in [0.05, 0.1) is 0 Å². The fraction of sp³-hybridized carbons (Fsp3) is 0.200. The van der Waals surface area contributed by atoms with Crippen molar-refractivity contribution in [1.29, 1.82) is 0 Å². The molecule has 20 heavy (non-hydrogen) atoms. The van der Waals surface area contributed by atoms with Gasteiger partial charge in [-0.25, -0.2) is 4.98 Å². The van der Waals surface area contributed by atoms with Crippen LogP contribution in [0.1, 0.15) is 11.3 Å². The summed E-state index contributed by atoms with van der Waals surface area (Å²) in [7, 11) is 0. The molecule has 102 valence electrons. The van der Waals surface area contributed by atoms with Gasteiger partial charge in [0, 0.05) is 17.1 Å². The first-order valence-electron chi connectivity index (χ1n) is 6.31. The third kappa shape index (κ3) is 2.60. The first-order chi connectivity index (χ1) is 9.61. The van der Waals surface area contributed by atoms with Crippen molar-refractivity contribution in [2.45, 2.75) is 19.4 Å². The molecule has 2 heterocycles. The first kappa shape index (κ1) is 12.9. The number of hydrogen-bond acceptors (Lipinski definition) is 3. The van der Waals surface area contributed by atoms with Gasteiger partial charge in [-0.3, -0.25) is 4.79 Å². The first-order valence-corrected chi connectivity index (χ1v) is 6.69. The van der Waals surface area contributed by atoms with Gasteiger partial charge in [-0.2, -0.15) is 0 Å². The van der Waals surface area contributed by atoms with Gasteiger partial charge in [0.15, 0.2) is 6.10 Å². The monoisotopic (exact) mass is 288 g/mol. The second kappa shape index (κ2) is 5.13. The Morgan fingerprint density at radius 1 is 1.40 bits per heavy atom. The van der Waals surface area contributed by atoms with Crippen molar-refractivity contribution in [3.05, 3.63) is 52.7 Å². The highest BCUT2D eigenvalue weighted by molar-refractivity contribution is 6.30. The van der Waals surface area contributed by atoms with Crippen LogP contribution in [0.3, 0.4) is 0 Å². The van der Waals surface area contributed by atoms with Gasteiger partial charge < -0.3 is 10.1 Å². The van der Waals surface area contributed by atoms with Crippen molar-refractivity contribution < 1.29 is 9.53 Å². The zero-order valence-electron chi connectivity index (χ0n) is 10.9. The smallest absolute Gasteiger partial charge is 0.266 e. The molecule has 1 N–H and O–H groups in total. The molecule has 1 atom stereocenters. The summed E-state index contributed by atoms with van der Waals surface area (Å²) >= 11 is 5.93. The van der Waals surface area contributed by atoms with Crippen molar-refractivity contribution >= 4 is 23.3 Å². The molecule has 1 aromatic heterocycles. The topological polar surface area (TPSA) is 51.2 Å². The minimum Gasteiger partial charge on any atom is -0.480 e. The van der Waals surface area contributed by atoms with E-state index in [4.69, 9.17) is 16.3 Å². The Hall–Kier alpha value is -2.07. The van der Waals surface area contributed by atoms with Crippen LogP contribution in [-0.4, -0.2) is 17.0 Å². The van der Waals surface area contributed by atoms with Crippen LogP contribution in [0, 0.1) is 6.92 Å². The second-order valence-electron chi connectivity index (χ2n) is 4.72. The summed E-state index contributed by atoms with van der Waals surface area (Å²) in [6.07, 6.45) is -0.0149. The molecule has 1 aliphatic rings.